The molecule has 0 spiro atoms. The van der Waals surface area contributed by atoms with Gasteiger partial charge in [0, 0.05) is 42.2 Å². The molecule has 0 aliphatic carbocycles. The molecule has 1 aliphatic heterocycles. The number of aliphatic carboxylic acids is 1. The maximum absolute atomic E-state index is 13.7. The van der Waals surface area contributed by atoms with Gasteiger partial charge in [-0.2, -0.15) is 0 Å². The molecule has 8 nitrogen and oxygen atoms in total. The highest BCUT2D eigenvalue weighted by molar-refractivity contribution is 6.34. The van der Waals surface area contributed by atoms with Gasteiger partial charge in [-0.3, -0.25) is 9.59 Å². The van der Waals surface area contributed by atoms with Crippen LogP contribution in [0.15, 0.2) is 18.2 Å². The van der Waals surface area contributed by atoms with Gasteiger partial charge in [0.05, 0.1) is 11.1 Å². The van der Waals surface area contributed by atoms with Crippen LogP contribution in [0.5, 0.6) is 0 Å². The fourth-order valence-electron chi connectivity index (χ4n) is 3.59. The molecular formula is C22H24FN3O5. The Morgan fingerprint density at radius 3 is 2.74 bits per heavy atom. The third-order valence-corrected chi connectivity index (χ3v) is 5.09. The summed E-state index contributed by atoms with van der Waals surface area (Å²) in [5.74, 6) is -2.24. The lowest BCUT2D eigenvalue weighted by atomic mass is 10.0. The predicted molar refractivity (Wildman–Crippen MR) is 113 cm³/mol. The first kappa shape index (κ1) is 22.2. The minimum Gasteiger partial charge on any atom is -0.479 e. The van der Waals surface area contributed by atoms with Gasteiger partial charge in [0.15, 0.2) is 6.10 Å². The molecule has 1 atom stereocenters. The van der Waals surface area contributed by atoms with Crippen molar-refractivity contribution in [2.24, 2.45) is 0 Å². The molecule has 0 saturated carbocycles. The summed E-state index contributed by atoms with van der Waals surface area (Å²) < 4.78 is 18.8. The largest absolute Gasteiger partial charge is 0.479 e. The number of benzene rings is 1. The molecule has 4 N–H and O–H groups in total. The quantitative estimate of drug-likeness (QED) is 0.481. The van der Waals surface area contributed by atoms with Crippen molar-refractivity contribution in [2.45, 2.75) is 33.3 Å². The van der Waals surface area contributed by atoms with Gasteiger partial charge in [-0.05, 0) is 50.6 Å². The number of rotatable bonds is 8. The van der Waals surface area contributed by atoms with Crippen LogP contribution in [0, 0.1) is 19.7 Å². The number of aromatic nitrogens is 1. The number of halogens is 1. The van der Waals surface area contributed by atoms with E-state index in [0.717, 1.165) is 0 Å². The van der Waals surface area contributed by atoms with E-state index in [1.807, 2.05) is 0 Å². The van der Waals surface area contributed by atoms with E-state index in [4.69, 9.17) is 9.84 Å². The number of hydrogen-bond acceptors (Lipinski definition) is 4. The number of ether oxygens (including phenoxy) is 1. The molecule has 2 aromatic rings. The monoisotopic (exact) mass is 429 g/mol. The zero-order chi connectivity index (χ0) is 22.7. The normalized spacial score (nSPS) is 15.0. The number of aromatic amines is 1. The molecule has 1 aliphatic rings. The fourth-order valence-corrected chi connectivity index (χ4v) is 3.59. The van der Waals surface area contributed by atoms with Crippen LogP contribution in [-0.4, -0.2) is 47.1 Å². The number of anilines is 1. The van der Waals surface area contributed by atoms with Crippen LogP contribution < -0.4 is 10.6 Å². The lowest BCUT2D eigenvalue weighted by Crippen LogP contribution is -2.32. The summed E-state index contributed by atoms with van der Waals surface area (Å²) in [5.41, 5.74) is 3.47. The minimum atomic E-state index is -1.08. The second-order valence-corrected chi connectivity index (χ2v) is 7.19. The molecule has 2 heterocycles. The minimum absolute atomic E-state index is 0.130. The topological polar surface area (TPSA) is 121 Å². The van der Waals surface area contributed by atoms with Crippen molar-refractivity contribution in [3.05, 3.63) is 52.1 Å². The standard InChI is InChI=1S/C22H24FN3O5/c1-4-31-18(22(29)30)7-8-24-21(28)19-11(2)17(25-12(19)3)10-15-14-9-13(23)5-6-16(14)26-20(15)27/h5-6,9-10,18,25H,4,7-8H2,1-3H3,(H,24,28)(H,26,27)(H,29,30). The van der Waals surface area contributed by atoms with Gasteiger partial charge >= 0.3 is 5.97 Å². The van der Waals surface area contributed by atoms with Gasteiger partial charge < -0.3 is 25.5 Å². The maximum atomic E-state index is 13.7. The number of amides is 2. The van der Waals surface area contributed by atoms with Gasteiger partial charge in [-0.1, -0.05) is 0 Å². The summed E-state index contributed by atoms with van der Waals surface area (Å²) in [6.45, 7) is 5.57. The molecule has 0 saturated heterocycles. The van der Waals surface area contributed by atoms with Gasteiger partial charge in [0.2, 0.25) is 0 Å². The Labute approximate surface area is 178 Å². The van der Waals surface area contributed by atoms with E-state index in [1.54, 1.807) is 26.8 Å². The maximum Gasteiger partial charge on any atom is 0.332 e. The molecule has 0 radical (unpaired) electrons. The number of fused-ring (bicyclic) bond motifs is 1. The number of hydrogen-bond donors (Lipinski definition) is 4. The Kier molecular flexibility index (Phi) is 6.55. The number of aryl methyl sites for hydroxylation is 1. The fraction of sp³-hybridized carbons (Fsp3) is 0.318. The number of carbonyl (C=O) groups excluding carboxylic acids is 2. The van der Waals surface area contributed by atoms with E-state index in [0.29, 0.717) is 39.3 Å². The second-order valence-electron chi connectivity index (χ2n) is 7.19. The number of carboxylic acids is 1. The third-order valence-electron chi connectivity index (χ3n) is 5.09. The van der Waals surface area contributed by atoms with Gasteiger partial charge in [0.25, 0.3) is 11.8 Å². The Morgan fingerprint density at radius 1 is 1.32 bits per heavy atom. The van der Waals surface area contributed by atoms with Gasteiger partial charge in [-0.15, -0.1) is 0 Å². The molecule has 1 unspecified atom stereocenters. The van der Waals surface area contributed by atoms with Crippen LogP contribution in [0.3, 0.4) is 0 Å². The third kappa shape index (κ3) is 4.66. The average Bonchev–Trinajstić information content (AvgIpc) is 3.16. The van der Waals surface area contributed by atoms with Crippen LogP contribution >= 0.6 is 0 Å². The van der Waals surface area contributed by atoms with Crippen molar-refractivity contribution >= 4 is 35.1 Å². The Morgan fingerprint density at radius 2 is 2.06 bits per heavy atom. The predicted octanol–water partition coefficient (Wildman–Crippen LogP) is 2.87. The van der Waals surface area contributed by atoms with Crippen LogP contribution in [0.2, 0.25) is 0 Å². The lowest BCUT2D eigenvalue weighted by molar-refractivity contribution is -0.150. The SMILES string of the molecule is CCOC(CCNC(=O)c1c(C)[nH]c(C=C2C(=O)Nc3ccc(F)cc32)c1C)C(=O)O. The Hall–Kier alpha value is -3.46. The molecule has 2 amide bonds. The Bertz CT molecular complexity index is 1070. The summed E-state index contributed by atoms with van der Waals surface area (Å²) in [4.78, 5) is 39.3. The van der Waals surface area contributed by atoms with Gasteiger partial charge in [-0.25, -0.2) is 9.18 Å². The molecule has 31 heavy (non-hydrogen) atoms. The van der Waals surface area contributed by atoms with E-state index in [9.17, 15) is 18.8 Å². The first-order valence-electron chi connectivity index (χ1n) is 9.87. The first-order chi connectivity index (χ1) is 14.7. The molecule has 0 fully saturated rings. The number of carboxylic acid groups (broad SMARTS) is 1. The van der Waals surface area contributed by atoms with Crippen molar-refractivity contribution in [3.8, 4) is 0 Å². The van der Waals surface area contributed by atoms with E-state index in [-0.39, 0.29) is 31.4 Å². The van der Waals surface area contributed by atoms with Crippen molar-refractivity contribution in [3.63, 3.8) is 0 Å². The molecular weight excluding hydrogens is 405 g/mol. The van der Waals surface area contributed by atoms with E-state index >= 15 is 0 Å². The van der Waals surface area contributed by atoms with E-state index in [1.165, 1.54) is 18.2 Å². The highest BCUT2D eigenvalue weighted by Gasteiger charge is 2.26. The van der Waals surface area contributed by atoms with Gasteiger partial charge in [0.1, 0.15) is 5.82 Å². The first-order valence-corrected chi connectivity index (χ1v) is 9.87. The highest BCUT2D eigenvalue weighted by atomic mass is 19.1. The molecule has 164 valence electrons. The smallest absolute Gasteiger partial charge is 0.332 e. The van der Waals surface area contributed by atoms with E-state index < -0.39 is 17.9 Å². The summed E-state index contributed by atoms with van der Waals surface area (Å²) in [7, 11) is 0. The van der Waals surface area contributed by atoms with Crippen LogP contribution in [0.4, 0.5) is 10.1 Å². The van der Waals surface area contributed by atoms with Crippen LogP contribution in [0.25, 0.3) is 11.6 Å². The van der Waals surface area contributed by atoms with Crippen molar-refractivity contribution in [2.75, 3.05) is 18.5 Å². The number of H-pyrrole nitrogens is 1. The van der Waals surface area contributed by atoms with E-state index in [2.05, 4.69) is 15.6 Å². The summed E-state index contributed by atoms with van der Waals surface area (Å²) >= 11 is 0. The number of nitrogens with one attached hydrogen (secondary N) is 3. The molecule has 1 aromatic carbocycles. The average molecular weight is 429 g/mol. The zero-order valence-electron chi connectivity index (χ0n) is 17.5. The lowest BCUT2D eigenvalue weighted by Gasteiger charge is -2.13. The van der Waals surface area contributed by atoms with Crippen molar-refractivity contribution < 1.29 is 28.6 Å². The van der Waals surface area contributed by atoms with Crippen LogP contribution in [0.1, 0.15) is 46.2 Å². The molecule has 3 rings (SSSR count). The highest BCUT2D eigenvalue weighted by Crippen LogP contribution is 2.34. The van der Waals surface area contributed by atoms with Crippen molar-refractivity contribution in [1.82, 2.24) is 10.3 Å². The second kappa shape index (κ2) is 9.13. The van der Waals surface area contributed by atoms with Crippen molar-refractivity contribution in [1.29, 1.82) is 0 Å². The summed E-state index contributed by atoms with van der Waals surface area (Å²) in [6, 6.07) is 4.06. The Balaban J connectivity index is 1.79. The number of carbonyl (C=O) groups is 3. The zero-order valence-corrected chi connectivity index (χ0v) is 17.5. The van der Waals surface area contributed by atoms with Crippen LogP contribution in [-0.2, 0) is 14.3 Å². The molecule has 1 aromatic heterocycles. The summed E-state index contributed by atoms with van der Waals surface area (Å²) in [5, 5.41) is 14.5. The summed E-state index contributed by atoms with van der Waals surface area (Å²) in [6.07, 6.45) is 0.743. The molecule has 0 bridgehead atoms. The molecule has 9 heteroatoms.